The average Bonchev–Trinajstić information content (AvgIpc) is 4.18. The fourth-order valence-corrected chi connectivity index (χ4v) is 17.1. The first kappa shape index (κ1) is 43.7. The van der Waals surface area contributed by atoms with Crippen molar-refractivity contribution >= 4 is 94.2 Å². The highest BCUT2D eigenvalue weighted by atomic mass is 28.3. The summed E-state index contributed by atoms with van der Waals surface area (Å²) in [5.74, 6) is 1.39. The Morgan fingerprint density at radius 3 is 1.37 bits per heavy atom. The quantitative estimate of drug-likeness (QED) is 0.107. The minimum absolute atomic E-state index is 0.601. The van der Waals surface area contributed by atoms with E-state index >= 15 is 0 Å². The Bertz CT molecular complexity index is 4580. The molecule has 0 aliphatic carbocycles. The highest BCUT2D eigenvalue weighted by Crippen LogP contribution is 2.42. The van der Waals surface area contributed by atoms with Gasteiger partial charge in [0.15, 0.2) is 8.07 Å². The molecule has 0 atom stereocenters. The second-order valence-corrected chi connectivity index (χ2v) is 23.5. The molecule has 0 bridgehead atoms. The van der Waals surface area contributed by atoms with E-state index in [0.29, 0.717) is 5.95 Å². The maximum atomic E-state index is 5.72. The van der Waals surface area contributed by atoms with Crippen molar-refractivity contribution in [3.05, 3.63) is 285 Å². The van der Waals surface area contributed by atoms with Gasteiger partial charge in [-0.2, -0.15) is 4.98 Å². The number of benzene rings is 11. The summed E-state index contributed by atoms with van der Waals surface area (Å²) in [5.41, 5.74) is 11.9. The van der Waals surface area contributed by atoms with Gasteiger partial charge in [0, 0.05) is 49.6 Å². The molecular formula is C70H47N5Si. The van der Waals surface area contributed by atoms with Gasteiger partial charge in [-0.25, -0.2) is 4.98 Å². The second kappa shape index (κ2) is 17.7. The number of hydrogen-bond donors (Lipinski definition) is 0. The molecule has 4 aromatic heterocycles. The third-order valence-corrected chi connectivity index (χ3v) is 20.4. The predicted molar refractivity (Wildman–Crippen MR) is 320 cm³/mol. The minimum atomic E-state index is -2.93. The molecule has 0 amide bonds. The van der Waals surface area contributed by atoms with Crippen molar-refractivity contribution in [2.24, 2.45) is 0 Å². The van der Waals surface area contributed by atoms with Gasteiger partial charge in [-0.15, -0.1) is 0 Å². The Hall–Kier alpha value is -9.88. The highest BCUT2D eigenvalue weighted by molar-refractivity contribution is 7.20. The van der Waals surface area contributed by atoms with Crippen molar-refractivity contribution in [2.45, 2.75) is 0 Å². The number of nitrogens with zero attached hydrogens (tertiary/aromatic N) is 5. The van der Waals surface area contributed by atoms with Crippen LogP contribution in [0.25, 0.3) is 105 Å². The van der Waals surface area contributed by atoms with Gasteiger partial charge in [-0.3, -0.25) is 9.13 Å². The highest BCUT2D eigenvalue weighted by Gasteiger charge is 2.41. The Labute approximate surface area is 440 Å². The molecule has 0 aliphatic rings. The molecule has 356 valence electrons. The van der Waals surface area contributed by atoms with Crippen LogP contribution in [0.15, 0.2) is 285 Å². The summed E-state index contributed by atoms with van der Waals surface area (Å²) in [6, 6.07) is 104. The molecule has 15 aromatic rings. The topological polar surface area (TPSA) is 40.6 Å². The fraction of sp³-hybridized carbons (Fsp3) is 0. The van der Waals surface area contributed by atoms with E-state index < -0.39 is 8.07 Å². The smallest absolute Gasteiger partial charge is 0.237 e. The third kappa shape index (κ3) is 6.71. The molecule has 0 saturated heterocycles. The lowest BCUT2D eigenvalue weighted by molar-refractivity contribution is 0.953. The lowest BCUT2D eigenvalue weighted by Crippen LogP contribution is -2.74. The van der Waals surface area contributed by atoms with Gasteiger partial charge < -0.3 is 4.57 Å². The van der Waals surface area contributed by atoms with Crippen LogP contribution in [-0.2, 0) is 0 Å². The van der Waals surface area contributed by atoms with Gasteiger partial charge in [0.2, 0.25) is 5.95 Å². The largest absolute Gasteiger partial charge is 0.309 e. The zero-order valence-corrected chi connectivity index (χ0v) is 42.4. The van der Waals surface area contributed by atoms with Crippen LogP contribution < -0.4 is 20.7 Å². The summed E-state index contributed by atoms with van der Waals surface area (Å²) in [7, 11) is -2.93. The first-order valence-electron chi connectivity index (χ1n) is 26.0. The number of aromatic nitrogens is 5. The predicted octanol–water partition coefficient (Wildman–Crippen LogP) is 14.5. The van der Waals surface area contributed by atoms with Crippen molar-refractivity contribution in [1.29, 1.82) is 0 Å². The van der Waals surface area contributed by atoms with Crippen molar-refractivity contribution in [3.8, 4) is 39.8 Å². The minimum Gasteiger partial charge on any atom is -0.309 e. The number of hydrogen-bond acceptors (Lipinski definition) is 2. The van der Waals surface area contributed by atoms with Crippen molar-refractivity contribution in [2.75, 3.05) is 0 Å². The summed E-state index contributed by atoms with van der Waals surface area (Å²) >= 11 is 0. The van der Waals surface area contributed by atoms with E-state index in [2.05, 4.69) is 299 Å². The number of rotatable bonds is 9. The van der Waals surface area contributed by atoms with E-state index in [1.807, 2.05) is 0 Å². The van der Waals surface area contributed by atoms with Crippen molar-refractivity contribution in [1.82, 2.24) is 23.7 Å². The van der Waals surface area contributed by atoms with Crippen LogP contribution in [0.1, 0.15) is 0 Å². The molecule has 11 aromatic carbocycles. The molecule has 76 heavy (non-hydrogen) atoms. The molecule has 0 radical (unpaired) electrons. The molecule has 6 heteroatoms. The van der Waals surface area contributed by atoms with E-state index in [0.717, 1.165) is 72.0 Å². The van der Waals surface area contributed by atoms with Crippen LogP contribution in [-0.4, -0.2) is 31.7 Å². The monoisotopic (exact) mass is 985 g/mol. The van der Waals surface area contributed by atoms with E-state index in [-0.39, 0.29) is 0 Å². The lowest BCUT2D eigenvalue weighted by atomic mass is 10.1. The summed E-state index contributed by atoms with van der Waals surface area (Å²) < 4.78 is 7.04. The standard InChI is InChI=1S/C70H47N5Si/c1-5-22-48(23-6-1)50-24-21-31-55(46-50)76(52-27-9-3-10-28-52,53-29-11-4-12-30-53)54-42-40-49(41-43-54)61-47-67(74-62-36-17-13-32-56(62)57-33-14-18-37-63(57)74)72-70(71-61)75-64-38-19-15-34-58(64)59-44-45-66-68(69(59)75)60-35-16-20-39-65(60)73(66)51-25-7-2-8-26-51/h1-47H. The maximum Gasteiger partial charge on any atom is 0.237 e. The maximum absolute atomic E-state index is 5.72. The van der Waals surface area contributed by atoms with Gasteiger partial charge in [-0.1, -0.05) is 237 Å². The normalized spacial score (nSPS) is 11.9. The van der Waals surface area contributed by atoms with Gasteiger partial charge in [0.25, 0.3) is 0 Å². The third-order valence-electron chi connectivity index (χ3n) is 15.6. The molecule has 4 heterocycles. The Kier molecular flexibility index (Phi) is 10.1. The summed E-state index contributed by atoms with van der Waals surface area (Å²) in [6.45, 7) is 0. The summed E-state index contributed by atoms with van der Waals surface area (Å²) in [6.07, 6.45) is 0. The van der Waals surface area contributed by atoms with E-state index in [1.54, 1.807) is 0 Å². The zero-order chi connectivity index (χ0) is 50.2. The number of para-hydroxylation sites is 5. The van der Waals surface area contributed by atoms with E-state index in [9.17, 15) is 0 Å². The average molecular weight is 986 g/mol. The van der Waals surface area contributed by atoms with Crippen LogP contribution in [0.5, 0.6) is 0 Å². The first-order valence-corrected chi connectivity index (χ1v) is 28.0. The fourth-order valence-electron chi connectivity index (χ4n) is 12.4. The molecule has 0 fully saturated rings. The second-order valence-electron chi connectivity index (χ2n) is 19.7. The molecule has 15 rings (SSSR count). The first-order chi connectivity index (χ1) is 37.7. The van der Waals surface area contributed by atoms with Gasteiger partial charge in [0.1, 0.15) is 5.82 Å². The Morgan fingerprint density at radius 2 is 0.750 bits per heavy atom. The summed E-state index contributed by atoms with van der Waals surface area (Å²) in [4.78, 5) is 11.4. The van der Waals surface area contributed by atoms with Crippen LogP contribution in [0.2, 0.25) is 0 Å². The van der Waals surface area contributed by atoms with Crippen LogP contribution >= 0.6 is 0 Å². The molecule has 5 nitrogen and oxygen atoms in total. The molecule has 0 unspecified atom stereocenters. The lowest BCUT2D eigenvalue weighted by Gasteiger charge is -2.34. The van der Waals surface area contributed by atoms with Crippen molar-refractivity contribution in [3.63, 3.8) is 0 Å². The molecule has 0 N–H and O–H groups in total. The zero-order valence-electron chi connectivity index (χ0n) is 41.4. The van der Waals surface area contributed by atoms with Crippen LogP contribution in [0, 0.1) is 0 Å². The Balaban J connectivity index is 1.01. The molecule has 0 spiro atoms. The molecule has 0 aliphatic heterocycles. The van der Waals surface area contributed by atoms with Gasteiger partial charge >= 0.3 is 0 Å². The van der Waals surface area contributed by atoms with Gasteiger partial charge in [0.05, 0.1) is 38.8 Å². The van der Waals surface area contributed by atoms with Crippen LogP contribution in [0.3, 0.4) is 0 Å². The van der Waals surface area contributed by atoms with E-state index in [1.165, 1.54) is 48.0 Å². The van der Waals surface area contributed by atoms with Crippen LogP contribution in [0.4, 0.5) is 0 Å². The molecular weight excluding hydrogens is 939 g/mol. The Morgan fingerprint density at radius 1 is 0.276 bits per heavy atom. The van der Waals surface area contributed by atoms with Gasteiger partial charge in [-0.05, 0) is 74.3 Å². The number of fused-ring (bicyclic) bond motifs is 10. The van der Waals surface area contributed by atoms with Crippen molar-refractivity contribution < 1.29 is 0 Å². The SMILES string of the molecule is c1ccc(-c2cccc([Si](c3ccccc3)(c3ccccc3)c3ccc(-c4cc(-n5c6ccccc6c6ccccc65)nc(-n5c6ccccc6c6ccc7c(c8ccccc8n7-c7ccccc7)c65)n4)cc3)c2)cc1. The summed E-state index contributed by atoms with van der Waals surface area (Å²) in [5, 5.41) is 12.2. The molecule has 0 saturated carbocycles. The van der Waals surface area contributed by atoms with E-state index in [4.69, 9.17) is 9.97 Å².